The van der Waals surface area contributed by atoms with Crippen molar-refractivity contribution in [3.63, 3.8) is 0 Å². The summed E-state index contributed by atoms with van der Waals surface area (Å²) in [6, 6.07) is 1.90. The predicted octanol–water partition coefficient (Wildman–Crippen LogP) is 1.80. The van der Waals surface area contributed by atoms with Gasteiger partial charge >= 0.3 is 5.97 Å². The SMILES string of the molecule is CCOC(=O)C/C(=C/C#N)CC. The Balaban J connectivity index is 3.96. The summed E-state index contributed by atoms with van der Waals surface area (Å²) >= 11 is 0. The van der Waals surface area contributed by atoms with E-state index in [2.05, 4.69) is 0 Å². The van der Waals surface area contributed by atoms with E-state index < -0.39 is 0 Å². The molecule has 0 aliphatic carbocycles. The molecule has 0 aliphatic heterocycles. The zero-order valence-corrected chi connectivity index (χ0v) is 7.46. The van der Waals surface area contributed by atoms with Gasteiger partial charge in [0.25, 0.3) is 0 Å². The normalized spacial score (nSPS) is 10.6. The molecular weight excluding hydrogens is 154 g/mol. The molecule has 0 fully saturated rings. The lowest BCUT2D eigenvalue weighted by molar-refractivity contribution is -0.142. The lowest BCUT2D eigenvalue weighted by atomic mass is 10.1. The summed E-state index contributed by atoms with van der Waals surface area (Å²) < 4.78 is 4.73. The van der Waals surface area contributed by atoms with E-state index in [1.165, 1.54) is 6.08 Å². The van der Waals surface area contributed by atoms with E-state index in [4.69, 9.17) is 10.00 Å². The van der Waals surface area contributed by atoms with Crippen LogP contribution < -0.4 is 0 Å². The number of hydrogen-bond acceptors (Lipinski definition) is 3. The van der Waals surface area contributed by atoms with Gasteiger partial charge in [0.2, 0.25) is 0 Å². The molecule has 0 radical (unpaired) electrons. The summed E-state index contributed by atoms with van der Waals surface area (Å²) in [6.45, 7) is 4.06. The summed E-state index contributed by atoms with van der Waals surface area (Å²) in [5.74, 6) is -0.263. The summed E-state index contributed by atoms with van der Waals surface area (Å²) in [5, 5.41) is 8.33. The molecule has 0 aromatic rings. The average molecular weight is 167 g/mol. The van der Waals surface area contributed by atoms with Gasteiger partial charge < -0.3 is 4.74 Å². The fraction of sp³-hybridized carbons (Fsp3) is 0.556. The fourth-order valence-corrected chi connectivity index (χ4v) is 0.767. The number of ether oxygens (including phenoxy) is 1. The number of hydrogen-bond donors (Lipinski definition) is 0. The number of allylic oxidation sites excluding steroid dienone is 1. The lowest BCUT2D eigenvalue weighted by Gasteiger charge is -2.02. The van der Waals surface area contributed by atoms with Gasteiger partial charge in [-0.1, -0.05) is 6.92 Å². The molecule has 0 bridgehead atoms. The molecule has 0 saturated heterocycles. The highest BCUT2D eigenvalue weighted by atomic mass is 16.5. The van der Waals surface area contributed by atoms with Gasteiger partial charge in [-0.2, -0.15) is 5.26 Å². The van der Waals surface area contributed by atoms with E-state index in [1.807, 2.05) is 13.0 Å². The highest BCUT2D eigenvalue weighted by molar-refractivity contribution is 5.72. The lowest BCUT2D eigenvalue weighted by Crippen LogP contribution is -2.04. The Kier molecular flexibility index (Phi) is 5.72. The standard InChI is InChI=1S/C9H13NO2/c1-3-8(5-6-10)7-9(11)12-4-2/h5H,3-4,7H2,1-2H3/b8-5+. The van der Waals surface area contributed by atoms with Crippen LogP contribution in [0, 0.1) is 11.3 Å². The average Bonchev–Trinajstić information content (AvgIpc) is 2.04. The van der Waals surface area contributed by atoms with E-state index in [0.717, 1.165) is 5.57 Å². The summed E-state index contributed by atoms with van der Waals surface area (Å²) in [6.07, 6.45) is 2.35. The van der Waals surface area contributed by atoms with Crippen molar-refractivity contribution < 1.29 is 9.53 Å². The first-order valence-corrected chi connectivity index (χ1v) is 3.97. The fourth-order valence-electron chi connectivity index (χ4n) is 0.767. The number of carbonyl (C=O) groups is 1. The van der Waals surface area contributed by atoms with Crippen LogP contribution in [0.5, 0.6) is 0 Å². The summed E-state index contributed by atoms with van der Waals surface area (Å²) in [5.41, 5.74) is 0.816. The Morgan fingerprint density at radius 1 is 1.58 bits per heavy atom. The predicted molar refractivity (Wildman–Crippen MR) is 45.2 cm³/mol. The van der Waals surface area contributed by atoms with E-state index >= 15 is 0 Å². The molecule has 0 spiro atoms. The topological polar surface area (TPSA) is 50.1 Å². The van der Waals surface area contributed by atoms with Crippen LogP contribution in [0.1, 0.15) is 26.7 Å². The molecule has 3 heteroatoms. The Hall–Kier alpha value is -1.30. The third-order valence-corrected chi connectivity index (χ3v) is 1.40. The van der Waals surface area contributed by atoms with Gasteiger partial charge in [-0.05, 0) is 18.9 Å². The minimum Gasteiger partial charge on any atom is -0.466 e. The van der Waals surface area contributed by atoms with Crippen LogP contribution in [0.25, 0.3) is 0 Å². The molecule has 12 heavy (non-hydrogen) atoms. The highest BCUT2D eigenvalue weighted by Crippen LogP contribution is 2.06. The molecule has 0 aromatic carbocycles. The number of carbonyl (C=O) groups excluding carboxylic acids is 1. The molecule has 0 N–H and O–H groups in total. The van der Waals surface area contributed by atoms with Crippen molar-refractivity contribution in [3.8, 4) is 6.07 Å². The van der Waals surface area contributed by atoms with Gasteiger partial charge in [0.15, 0.2) is 0 Å². The van der Waals surface area contributed by atoms with E-state index in [1.54, 1.807) is 6.92 Å². The Bertz CT molecular complexity index is 213. The van der Waals surface area contributed by atoms with Gasteiger partial charge in [-0.15, -0.1) is 0 Å². The number of nitrogens with zero attached hydrogens (tertiary/aromatic N) is 1. The second kappa shape index (κ2) is 6.41. The zero-order chi connectivity index (χ0) is 9.40. The van der Waals surface area contributed by atoms with Crippen molar-refractivity contribution in [1.82, 2.24) is 0 Å². The molecule has 0 amide bonds. The number of esters is 1. The molecule has 3 nitrogen and oxygen atoms in total. The molecule has 0 unspecified atom stereocenters. The number of nitriles is 1. The minimum atomic E-state index is -0.263. The van der Waals surface area contributed by atoms with Crippen molar-refractivity contribution in [2.75, 3.05) is 6.61 Å². The van der Waals surface area contributed by atoms with Crippen LogP contribution in [0.2, 0.25) is 0 Å². The first kappa shape index (κ1) is 10.7. The first-order chi connectivity index (χ1) is 5.74. The third-order valence-electron chi connectivity index (χ3n) is 1.40. The van der Waals surface area contributed by atoms with Gasteiger partial charge in [-0.3, -0.25) is 4.79 Å². The van der Waals surface area contributed by atoms with E-state index in [-0.39, 0.29) is 12.4 Å². The Morgan fingerprint density at radius 3 is 2.67 bits per heavy atom. The van der Waals surface area contributed by atoms with Crippen LogP contribution in [0.4, 0.5) is 0 Å². The maximum atomic E-state index is 10.9. The molecule has 0 rings (SSSR count). The Morgan fingerprint density at radius 2 is 2.25 bits per heavy atom. The van der Waals surface area contributed by atoms with E-state index in [0.29, 0.717) is 13.0 Å². The van der Waals surface area contributed by atoms with Crippen LogP contribution in [0.15, 0.2) is 11.6 Å². The highest BCUT2D eigenvalue weighted by Gasteiger charge is 2.03. The zero-order valence-electron chi connectivity index (χ0n) is 7.46. The quantitative estimate of drug-likeness (QED) is 0.474. The maximum absolute atomic E-state index is 10.9. The molecule has 0 aliphatic rings. The van der Waals surface area contributed by atoms with Crippen molar-refractivity contribution in [2.24, 2.45) is 0 Å². The molecule has 66 valence electrons. The van der Waals surface area contributed by atoms with Crippen LogP contribution in [-0.4, -0.2) is 12.6 Å². The minimum absolute atomic E-state index is 0.234. The van der Waals surface area contributed by atoms with Crippen molar-refractivity contribution >= 4 is 5.97 Å². The van der Waals surface area contributed by atoms with Gasteiger partial charge in [0.05, 0.1) is 19.1 Å². The molecule has 0 saturated carbocycles. The largest absolute Gasteiger partial charge is 0.466 e. The van der Waals surface area contributed by atoms with Gasteiger partial charge in [-0.25, -0.2) is 0 Å². The molecular formula is C9H13NO2. The second-order valence-electron chi connectivity index (χ2n) is 2.27. The van der Waals surface area contributed by atoms with Gasteiger partial charge in [0.1, 0.15) is 0 Å². The monoisotopic (exact) mass is 167 g/mol. The summed E-state index contributed by atoms with van der Waals surface area (Å²) in [4.78, 5) is 10.9. The summed E-state index contributed by atoms with van der Waals surface area (Å²) in [7, 11) is 0. The Labute approximate surface area is 72.6 Å². The smallest absolute Gasteiger partial charge is 0.309 e. The van der Waals surface area contributed by atoms with Gasteiger partial charge in [0, 0.05) is 6.08 Å². The number of rotatable bonds is 4. The van der Waals surface area contributed by atoms with Crippen molar-refractivity contribution in [1.29, 1.82) is 5.26 Å². The molecule has 0 atom stereocenters. The third kappa shape index (κ3) is 4.51. The first-order valence-electron chi connectivity index (χ1n) is 3.97. The van der Waals surface area contributed by atoms with Crippen LogP contribution in [-0.2, 0) is 9.53 Å². The molecule has 0 aromatic heterocycles. The second-order valence-corrected chi connectivity index (χ2v) is 2.27. The van der Waals surface area contributed by atoms with Crippen LogP contribution >= 0.6 is 0 Å². The van der Waals surface area contributed by atoms with Crippen molar-refractivity contribution in [3.05, 3.63) is 11.6 Å². The molecule has 0 heterocycles. The van der Waals surface area contributed by atoms with Crippen LogP contribution in [0.3, 0.4) is 0 Å². The maximum Gasteiger partial charge on any atom is 0.309 e. The van der Waals surface area contributed by atoms with E-state index in [9.17, 15) is 4.79 Å². The van der Waals surface area contributed by atoms with Crippen molar-refractivity contribution in [2.45, 2.75) is 26.7 Å².